The number of nitrogens with one attached hydrogen (secondary N) is 2. The van der Waals surface area contributed by atoms with E-state index in [9.17, 15) is 0 Å². The Morgan fingerprint density at radius 1 is 1.29 bits per heavy atom. The highest BCUT2D eigenvalue weighted by molar-refractivity contribution is 14.0. The zero-order valence-electron chi connectivity index (χ0n) is 12.9. The summed E-state index contributed by atoms with van der Waals surface area (Å²) < 4.78 is 10.4. The van der Waals surface area contributed by atoms with Gasteiger partial charge in [-0.25, -0.2) is 4.98 Å². The third kappa shape index (κ3) is 8.71. The van der Waals surface area contributed by atoms with Gasteiger partial charge in [0.05, 0.1) is 13.2 Å². The zero-order valence-corrected chi connectivity index (χ0v) is 15.2. The molecule has 1 rings (SSSR count). The first-order valence-electron chi connectivity index (χ1n) is 6.81. The molecule has 2 N–H and O–H groups in total. The number of halogens is 1. The lowest BCUT2D eigenvalue weighted by atomic mass is 10.3. The highest BCUT2D eigenvalue weighted by Gasteiger charge is 1.99. The second-order valence-corrected chi connectivity index (χ2v) is 4.20. The molecule has 7 heteroatoms. The molecule has 120 valence electrons. The van der Waals surface area contributed by atoms with E-state index in [1.807, 2.05) is 12.1 Å². The van der Waals surface area contributed by atoms with Gasteiger partial charge in [0.25, 0.3) is 0 Å². The monoisotopic (exact) mass is 408 g/mol. The number of nitrogens with zero attached hydrogens (tertiary/aromatic N) is 2. The first-order valence-corrected chi connectivity index (χ1v) is 6.81. The maximum Gasteiger partial charge on any atom is 0.213 e. The van der Waals surface area contributed by atoms with Crippen LogP contribution in [-0.4, -0.2) is 44.9 Å². The van der Waals surface area contributed by atoms with Crippen molar-refractivity contribution in [2.75, 3.05) is 33.9 Å². The Hall–Kier alpha value is -1.09. The fourth-order valence-corrected chi connectivity index (χ4v) is 1.49. The maximum atomic E-state index is 5.44. The maximum absolute atomic E-state index is 5.44. The van der Waals surface area contributed by atoms with Crippen LogP contribution in [0, 0.1) is 0 Å². The number of hydrogen-bond donors (Lipinski definition) is 2. The molecule has 0 unspecified atom stereocenters. The van der Waals surface area contributed by atoms with Gasteiger partial charge < -0.3 is 20.1 Å². The third-order valence-electron chi connectivity index (χ3n) is 2.53. The molecule has 0 aliphatic rings. The lowest BCUT2D eigenvalue weighted by Crippen LogP contribution is -2.38. The summed E-state index contributed by atoms with van der Waals surface area (Å²) in [7, 11) is 3.41. The van der Waals surface area contributed by atoms with Crippen molar-refractivity contribution in [3.63, 3.8) is 0 Å². The molecular weight excluding hydrogens is 383 g/mol. The molecule has 0 aliphatic heterocycles. The van der Waals surface area contributed by atoms with Gasteiger partial charge in [-0.3, -0.25) is 4.99 Å². The predicted molar refractivity (Wildman–Crippen MR) is 95.5 cm³/mol. The number of aromatic nitrogens is 1. The normalized spacial score (nSPS) is 10.7. The summed E-state index contributed by atoms with van der Waals surface area (Å²) in [5.41, 5.74) is 1.07. The molecule has 6 nitrogen and oxygen atoms in total. The number of pyridine rings is 1. The van der Waals surface area contributed by atoms with Crippen molar-refractivity contribution in [1.29, 1.82) is 0 Å². The van der Waals surface area contributed by atoms with E-state index in [1.54, 1.807) is 20.4 Å². The molecule has 0 spiro atoms. The van der Waals surface area contributed by atoms with Crippen molar-refractivity contribution in [1.82, 2.24) is 15.6 Å². The highest BCUT2D eigenvalue weighted by atomic mass is 127. The van der Waals surface area contributed by atoms with Crippen LogP contribution in [0.5, 0.6) is 5.88 Å². The second-order valence-electron chi connectivity index (χ2n) is 4.20. The Balaban J connectivity index is 0.00000400. The summed E-state index contributed by atoms with van der Waals surface area (Å²) >= 11 is 0. The first-order chi connectivity index (χ1) is 9.80. The number of aliphatic imine (C=N–C) groups is 1. The number of rotatable bonds is 8. The number of ether oxygens (including phenoxy) is 2. The number of hydrogen-bond acceptors (Lipinski definition) is 4. The molecule has 0 amide bonds. The molecule has 0 atom stereocenters. The van der Waals surface area contributed by atoms with E-state index >= 15 is 0 Å². The van der Waals surface area contributed by atoms with Crippen molar-refractivity contribution in [2.24, 2.45) is 4.99 Å². The van der Waals surface area contributed by atoms with E-state index in [-0.39, 0.29) is 24.0 Å². The average Bonchev–Trinajstić information content (AvgIpc) is 2.49. The van der Waals surface area contributed by atoms with Gasteiger partial charge in [-0.15, -0.1) is 24.0 Å². The summed E-state index contributed by atoms with van der Waals surface area (Å²) in [6, 6.07) is 3.88. The van der Waals surface area contributed by atoms with Gasteiger partial charge in [0, 0.05) is 39.5 Å². The van der Waals surface area contributed by atoms with Crippen molar-refractivity contribution in [2.45, 2.75) is 19.9 Å². The summed E-state index contributed by atoms with van der Waals surface area (Å²) in [5, 5.41) is 6.36. The number of guanidine groups is 1. The van der Waals surface area contributed by atoms with Crippen LogP contribution in [0.1, 0.15) is 18.9 Å². The minimum absolute atomic E-state index is 0. The van der Waals surface area contributed by atoms with Crippen LogP contribution in [0.3, 0.4) is 0 Å². The summed E-state index contributed by atoms with van der Waals surface area (Å²) in [6.45, 7) is 4.79. The molecule has 0 saturated heterocycles. The Labute approximate surface area is 143 Å². The van der Waals surface area contributed by atoms with Crippen molar-refractivity contribution < 1.29 is 9.47 Å². The molecular formula is C14H25IN4O2. The fourth-order valence-electron chi connectivity index (χ4n) is 1.49. The largest absolute Gasteiger partial charge is 0.478 e. The van der Waals surface area contributed by atoms with Crippen LogP contribution in [0.4, 0.5) is 0 Å². The molecule has 1 heterocycles. The standard InChI is InChI=1S/C14H24N4O2.HI/c1-4-8-20-13-6-5-12(10-17-13)11-18-14(15-2)16-7-9-19-3;/h5-6,10H,4,7-9,11H2,1-3H3,(H2,15,16,18);1H. The topological polar surface area (TPSA) is 67.8 Å². The average molecular weight is 408 g/mol. The Morgan fingerprint density at radius 3 is 2.67 bits per heavy atom. The molecule has 0 aliphatic carbocycles. The summed E-state index contributed by atoms with van der Waals surface area (Å²) in [4.78, 5) is 8.38. The second kappa shape index (κ2) is 12.6. The Morgan fingerprint density at radius 2 is 2.10 bits per heavy atom. The quantitative estimate of drug-likeness (QED) is 0.297. The zero-order chi connectivity index (χ0) is 14.6. The lowest BCUT2D eigenvalue weighted by Gasteiger charge is -2.11. The van der Waals surface area contributed by atoms with Crippen LogP contribution < -0.4 is 15.4 Å². The molecule has 0 saturated carbocycles. The lowest BCUT2D eigenvalue weighted by molar-refractivity contribution is 0.203. The van der Waals surface area contributed by atoms with E-state index in [1.165, 1.54) is 0 Å². The molecule has 0 radical (unpaired) electrons. The van der Waals surface area contributed by atoms with E-state index in [0.29, 0.717) is 25.6 Å². The van der Waals surface area contributed by atoms with Crippen molar-refractivity contribution >= 4 is 29.9 Å². The molecule has 0 aromatic carbocycles. The third-order valence-corrected chi connectivity index (χ3v) is 2.53. The molecule has 0 fully saturated rings. The molecule has 1 aromatic heterocycles. The van der Waals surface area contributed by atoms with Gasteiger partial charge in [-0.1, -0.05) is 13.0 Å². The van der Waals surface area contributed by atoms with Gasteiger partial charge in [0.1, 0.15) is 0 Å². The van der Waals surface area contributed by atoms with E-state index in [4.69, 9.17) is 9.47 Å². The van der Waals surface area contributed by atoms with Gasteiger partial charge in [0.15, 0.2) is 5.96 Å². The van der Waals surface area contributed by atoms with Crippen LogP contribution in [0.15, 0.2) is 23.3 Å². The van der Waals surface area contributed by atoms with Crippen LogP contribution >= 0.6 is 24.0 Å². The minimum atomic E-state index is 0. The summed E-state index contributed by atoms with van der Waals surface area (Å²) in [5.74, 6) is 1.41. The first kappa shape index (κ1) is 19.9. The van der Waals surface area contributed by atoms with Gasteiger partial charge in [-0.05, 0) is 12.0 Å². The van der Waals surface area contributed by atoms with Gasteiger partial charge in [0.2, 0.25) is 5.88 Å². The van der Waals surface area contributed by atoms with Crippen LogP contribution in [0.25, 0.3) is 0 Å². The van der Waals surface area contributed by atoms with Gasteiger partial charge in [-0.2, -0.15) is 0 Å². The smallest absolute Gasteiger partial charge is 0.213 e. The molecule has 0 bridgehead atoms. The summed E-state index contributed by atoms with van der Waals surface area (Å²) in [6.07, 6.45) is 2.79. The SMILES string of the molecule is CCCOc1ccc(CNC(=NC)NCCOC)cn1.I. The van der Waals surface area contributed by atoms with Gasteiger partial charge >= 0.3 is 0 Å². The Bertz CT molecular complexity index is 398. The van der Waals surface area contributed by atoms with Crippen molar-refractivity contribution in [3.05, 3.63) is 23.9 Å². The minimum Gasteiger partial charge on any atom is -0.478 e. The highest BCUT2D eigenvalue weighted by Crippen LogP contribution is 2.07. The van der Waals surface area contributed by atoms with E-state index < -0.39 is 0 Å². The van der Waals surface area contributed by atoms with E-state index in [2.05, 4.69) is 27.5 Å². The molecule has 21 heavy (non-hydrogen) atoms. The number of methoxy groups -OCH3 is 1. The van der Waals surface area contributed by atoms with Crippen LogP contribution in [-0.2, 0) is 11.3 Å². The predicted octanol–water partition coefficient (Wildman–Crippen LogP) is 1.80. The van der Waals surface area contributed by atoms with Crippen LogP contribution in [0.2, 0.25) is 0 Å². The Kier molecular flexibility index (Phi) is 12.0. The van der Waals surface area contributed by atoms with E-state index in [0.717, 1.165) is 24.5 Å². The molecule has 1 aromatic rings. The fraction of sp³-hybridized carbons (Fsp3) is 0.571. The van der Waals surface area contributed by atoms with Crippen molar-refractivity contribution in [3.8, 4) is 5.88 Å².